The molecule has 3 unspecified atom stereocenters. The number of benzene rings is 1. The van der Waals surface area contributed by atoms with Crippen molar-refractivity contribution in [3.63, 3.8) is 0 Å². The Balaban J connectivity index is 1.44. The van der Waals surface area contributed by atoms with Crippen LogP contribution in [-0.2, 0) is 0 Å². The lowest BCUT2D eigenvalue weighted by Gasteiger charge is -2.40. The maximum Gasteiger partial charge on any atom is 0.193 e. The fourth-order valence-electron chi connectivity index (χ4n) is 4.80. The highest BCUT2D eigenvalue weighted by Gasteiger charge is 2.30. The third-order valence-electron chi connectivity index (χ3n) is 6.56. The van der Waals surface area contributed by atoms with Crippen LogP contribution in [0.25, 0.3) is 0 Å². The van der Waals surface area contributed by atoms with Crippen molar-refractivity contribution >= 4 is 5.96 Å². The molecule has 0 bridgehead atoms. The molecule has 0 saturated carbocycles. The zero-order chi connectivity index (χ0) is 20.1. The number of nitrogens with one attached hydrogen (secondary N) is 1. The van der Waals surface area contributed by atoms with Gasteiger partial charge in [0, 0.05) is 39.1 Å². The fourth-order valence-corrected chi connectivity index (χ4v) is 4.80. The van der Waals surface area contributed by atoms with E-state index in [1.165, 1.54) is 31.5 Å². The largest absolute Gasteiger partial charge is 0.354 e. The third-order valence-corrected chi connectivity index (χ3v) is 6.56. The average Bonchev–Trinajstić information content (AvgIpc) is 3.47. The first kappa shape index (κ1) is 20.0. The summed E-state index contributed by atoms with van der Waals surface area (Å²) < 4.78 is 2.25. The molecule has 2 saturated heterocycles. The highest BCUT2D eigenvalue weighted by Crippen LogP contribution is 2.28. The number of nitrogens with zero attached hydrogens (tertiary/aromatic N) is 5. The SMILES string of the molecule is CN=C(NCC(c1ccccc1)N1CCCC1)N1CCC(C)C(n2ccnc2)C1. The molecule has 2 aromatic rings. The number of hydrogen-bond acceptors (Lipinski definition) is 3. The minimum atomic E-state index is 0.392. The molecule has 1 aromatic heterocycles. The van der Waals surface area contributed by atoms with Crippen LogP contribution >= 0.6 is 0 Å². The molecule has 29 heavy (non-hydrogen) atoms. The van der Waals surface area contributed by atoms with E-state index in [1.807, 2.05) is 19.6 Å². The summed E-state index contributed by atoms with van der Waals surface area (Å²) in [5.74, 6) is 1.65. The van der Waals surface area contributed by atoms with Crippen LogP contribution in [0.1, 0.15) is 43.8 Å². The van der Waals surface area contributed by atoms with E-state index in [4.69, 9.17) is 0 Å². The quantitative estimate of drug-likeness (QED) is 0.625. The first-order valence-corrected chi connectivity index (χ1v) is 11.0. The number of likely N-dealkylation sites (tertiary alicyclic amines) is 2. The molecule has 1 aromatic carbocycles. The second kappa shape index (κ2) is 9.44. The zero-order valence-electron chi connectivity index (χ0n) is 17.7. The molecule has 2 aliphatic rings. The van der Waals surface area contributed by atoms with E-state index in [2.05, 4.69) is 73.1 Å². The normalized spacial score (nSPS) is 24.6. The van der Waals surface area contributed by atoms with Crippen molar-refractivity contribution in [1.82, 2.24) is 24.7 Å². The molecule has 156 valence electrons. The lowest BCUT2D eigenvalue weighted by Crippen LogP contribution is -2.50. The van der Waals surface area contributed by atoms with E-state index in [0.29, 0.717) is 18.0 Å². The summed E-state index contributed by atoms with van der Waals surface area (Å²) in [6.45, 7) is 7.62. The molecule has 0 amide bonds. The lowest BCUT2D eigenvalue weighted by atomic mass is 9.93. The van der Waals surface area contributed by atoms with Gasteiger partial charge in [-0.1, -0.05) is 37.3 Å². The van der Waals surface area contributed by atoms with Crippen molar-refractivity contribution in [1.29, 1.82) is 0 Å². The van der Waals surface area contributed by atoms with Crippen LogP contribution in [0, 0.1) is 5.92 Å². The Morgan fingerprint density at radius 3 is 2.69 bits per heavy atom. The van der Waals surface area contributed by atoms with Gasteiger partial charge in [-0.25, -0.2) is 4.98 Å². The Labute approximate surface area is 174 Å². The number of imidazole rings is 1. The van der Waals surface area contributed by atoms with Gasteiger partial charge in [-0.05, 0) is 43.8 Å². The molecule has 0 aliphatic carbocycles. The molecule has 4 rings (SSSR count). The van der Waals surface area contributed by atoms with Crippen LogP contribution < -0.4 is 5.32 Å². The molecule has 2 fully saturated rings. The number of rotatable bonds is 5. The minimum Gasteiger partial charge on any atom is -0.354 e. The van der Waals surface area contributed by atoms with Gasteiger partial charge in [0.15, 0.2) is 5.96 Å². The second-order valence-electron chi connectivity index (χ2n) is 8.39. The number of hydrogen-bond donors (Lipinski definition) is 1. The molecule has 0 spiro atoms. The fraction of sp³-hybridized carbons (Fsp3) is 0.565. The first-order valence-electron chi connectivity index (χ1n) is 11.0. The van der Waals surface area contributed by atoms with Gasteiger partial charge in [0.25, 0.3) is 0 Å². The standard InChI is InChI=1S/C23H34N6/c1-19-10-14-28(17-22(19)29-15-11-25-18-29)23(24-2)26-16-21(27-12-6-7-13-27)20-8-4-3-5-9-20/h3-5,8-9,11,15,18-19,21-22H,6-7,10,12-14,16-17H2,1-2H3,(H,24,26). The third kappa shape index (κ3) is 4.64. The summed E-state index contributed by atoms with van der Waals surface area (Å²) in [6, 6.07) is 11.7. The molecule has 0 radical (unpaired) electrons. The summed E-state index contributed by atoms with van der Waals surface area (Å²) in [5, 5.41) is 3.70. The number of piperidine rings is 1. The molecule has 6 heteroatoms. The van der Waals surface area contributed by atoms with Crippen LogP contribution in [0.15, 0.2) is 54.0 Å². The first-order chi connectivity index (χ1) is 14.3. The van der Waals surface area contributed by atoms with E-state index in [-0.39, 0.29) is 0 Å². The summed E-state index contributed by atoms with van der Waals surface area (Å²) in [6.07, 6.45) is 9.67. The molecule has 3 heterocycles. The summed E-state index contributed by atoms with van der Waals surface area (Å²) in [5.41, 5.74) is 1.39. The molecule has 2 aliphatic heterocycles. The van der Waals surface area contributed by atoms with Crippen molar-refractivity contribution in [2.24, 2.45) is 10.9 Å². The smallest absolute Gasteiger partial charge is 0.193 e. The predicted octanol–water partition coefficient (Wildman–Crippen LogP) is 3.18. The van der Waals surface area contributed by atoms with Crippen molar-refractivity contribution in [3.05, 3.63) is 54.6 Å². The van der Waals surface area contributed by atoms with Crippen molar-refractivity contribution in [2.45, 2.75) is 38.3 Å². The van der Waals surface area contributed by atoms with E-state index < -0.39 is 0 Å². The minimum absolute atomic E-state index is 0.392. The van der Waals surface area contributed by atoms with E-state index in [9.17, 15) is 0 Å². The van der Waals surface area contributed by atoms with E-state index in [1.54, 1.807) is 0 Å². The van der Waals surface area contributed by atoms with E-state index in [0.717, 1.165) is 32.0 Å². The Morgan fingerprint density at radius 2 is 2.00 bits per heavy atom. The van der Waals surface area contributed by atoms with Gasteiger partial charge in [0.05, 0.1) is 18.4 Å². The van der Waals surface area contributed by atoms with Crippen LogP contribution in [0.4, 0.5) is 0 Å². The van der Waals surface area contributed by atoms with Crippen molar-refractivity contribution in [3.8, 4) is 0 Å². The highest BCUT2D eigenvalue weighted by molar-refractivity contribution is 5.80. The van der Waals surface area contributed by atoms with E-state index >= 15 is 0 Å². The maximum absolute atomic E-state index is 4.63. The van der Waals surface area contributed by atoms with Gasteiger partial charge >= 0.3 is 0 Å². The molecular formula is C23H34N6. The Morgan fingerprint density at radius 1 is 1.21 bits per heavy atom. The summed E-state index contributed by atoms with van der Waals surface area (Å²) in [7, 11) is 1.90. The van der Waals surface area contributed by atoms with Crippen LogP contribution in [0.5, 0.6) is 0 Å². The number of guanidine groups is 1. The van der Waals surface area contributed by atoms with Crippen molar-refractivity contribution < 1.29 is 0 Å². The van der Waals surface area contributed by atoms with Crippen LogP contribution in [0.2, 0.25) is 0 Å². The van der Waals surface area contributed by atoms with Gasteiger partial charge in [0.2, 0.25) is 0 Å². The van der Waals surface area contributed by atoms with Crippen LogP contribution in [0.3, 0.4) is 0 Å². The zero-order valence-corrected chi connectivity index (χ0v) is 17.7. The second-order valence-corrected chi connectivity index (χ2v) is 8.39. The van der Waals surface area contributed by atoms with Gasteiger partial charge < -0.3 is 14.8 Å². The number of aromatic nitrogens is 2. The molecule has 1 N–H and O–H groups in total. The molecular weight excluding hydrogens is 360 g/mol. The topological polar surface area (TPSA) is 48.7 Å². The molecule has 3 atom stereocenters. The Kier molecular flexibility index (Phi) is 6.49. The number of aliphatic imine (C=N–C) groups is 1. The van der Waals surface area contributed by atoms with Crippen LogP contribution in [-0.4, -0.2) is 65.1 Å². The van der Waals surface area contributed by atoms with Gasteiger partial charge in [-0.2, -0.15) is 0 Å². The monoisotopic (exact) mass is 394 g/mol. The molecule has 6 nitrogen and oxygen atoms in total. The van der Waals surface area contributed by atoms with Crippen molar-refractivity contribution in [2.75, 3.05) is 39.8 Å². The van der Waals surface area contributed by atoms with Gasteiger partial charge in [-0.3, -0.25) is 9.89 Å². The summed E-state index contributed by atoms with van der Waals surface area (Å²) in [4.78, 5) is 13.9. The highest BCUT2D eigenvalue weighted by atomic mass is 15.3. The maximum atomic E-state index is 4.63. The average molecular weight is 395 g/mol. The Bertz CT molecular complexity index is 766. The van der Waals surface area contributed by atoms with Gasteiger partial charge in [-0.15, -0.1) is 0 Å². The lowest BCUT2D eigenvalue weighted by molar-refractivity contribution is 0.186. The Hall–Kier alpha value is -2.34. The summed E-state index contributed by atoms with van der Waals surface area (Å²) >= 11 is 0. The predicted molar refractivity (Wildman–Crippen MR) is 118 cm³/mol. The van der Waals surface area contributed by atoms with Gasteiger partial charge in [0.1, 0.15) is 0 Å².